The van der Waals surface area contributed by atoms with E-state index in [9.17, 15) is 0 Å². The van der Waals surface area contributed by atoms with Gasteiger partial charge in [0.25, 0.3) is 0 Å². The van der Waals surface area contributed by atoms with E-state index in [-0.39, 0.29) is 0 Å². The number of furan rings is 1. The van der Waals surface area contributed by atoms with Crippen molar-refractivity contribution in [3.05, 3.63) is 271 Å². The van der Waals surface area contributed by atoms with Gasteiger partial charge in [0.05, 0.1) is 38.9 Å². The molecule has 14 aromatic rings. The summed E-state index contributed by atoms with van der Waals surface area (Å²) in [7, 11) is 0. The molecule has 71 heavy (non-hydrogen) atoms. The molecule has 2 aliphatic carbocycles. The summed E-state index contributed by atoms with van der Waals surface area (Å²) < 4.78 is 11.5. The SMILES string of the molecule is c1ccc(-n2c3cc4c(cc3c3cccc(N(c5ccc(-n6c7ccccc7c7ccccc76)cc5)c5cccc6c5-c5ccccc5C65c6ccccc6-c6ccccc65)c32)oc2ccccc24)cc1. The number of aromatic nitrogens is 2. The Hall–Kier alpha value is -9.38. The number of para-hydroxylation sites is 5. The van der Waals surface area contributed by atoms with Crippen molar-refractivity contribution >= 4 is 82.6 Å². The van der Waals surface area contributed by atoms with Crippen LogP contribution in [0.3, 0.4) is 0 Å². The Balaban J connectivity index is 1.01. The van der Waals surface area contributed by atoms with Gasteiger partial charge in [-0.3, -0.25) is 0 Å². The minimum absolute atomic E-state index is 0.497. The molecule has 4 nitrogen and oxygen atoms in total. The molecule has 1 spiro atoms. The minimum atomic E-state index is -0.497. The number of fused-ring (bicyclic) bond motifs is 19. The van der Waals surface area contributed by atoms with Gasteiger partial charge in [-0.05, 0) is 118 Å². The highest BCUT2D eigenvalue weighted by Crippen LogP contribution is 2.65. The van der Waals surface area contributed by atoms with E-state index in [0.29, 0.717) is 0 Å². The summed E-state index contributed by atoms with van der Waals surface area (Å²) in [4.78, 5) is 2.54. The maximum absolute atomic E-state index is 6.59. The van der Waals surface area contributed by atoms with Gasteiger partial charge >= 0.3 is 0 Å². The molecule has 3 aromatic heterocycles. The van der Waals surface area contributed by atoms with Crippen molar-refractivity contribution in [3.63, 3.8) is 0 Å². The number of nitrogens with zero attached hydrogens (tertiary/aromatic N) is 3. The van der Waals surface area contributed by atoms with Crippen LogP contribution in [0.4, 0.5) is 17.1 Å². The van der Waals surface area contributed by atoms with E-state index in [4.69, 9.17) is 4.42 Å². The lowest BCUT2D eigenvalue weighted by Crippen LogP contribution is -2.26. The zero-order chi connectivity index (χ0) is 46.4. The summed E-state index contributed by atoms with van der Waals surface area (Å²) in [5.41, 5.74) is 21.7. The zero-order valence-electron chi connectivity index (χ0n) is 38.4. The summed E-state index contributed by atoms with van der Waals surface area (Å²) in [6.45, 7) is 0. The molecule has 0 unspecified atom stereocenters. The molecule has 0 saturated heterocycles. The highest BCUT2D eigenvalue weighted by Gasteiger charge is 2.52. The van der Waals surface area contributed by atoms with Crippen LogP contribution in [0, 0.1) is 0 Å². The van der Waals surface area contributed by atoms with Crippen LogP contribution in [0.15, 0.2) is 253 Å². The molecule has 0 atom stereocenters. The van der Waals surface area contributed by atoms with Gasteiger partial charge in [0, 0.05) is 54.9 Å². The average molecular weight is 904 g/mol. The van der Waals surface area contributed by atoms with Crippen molar-refractivity contribution in [1.29, 1.82) is 0 Å². The van der Waals surface area contributed by atoms with Gasteiger partial charge in [-0.1, -0.05) is 170 Å². The molecule has 0 aliphatic heterocycles. The van der Waals surface area contributed by atoms with Gasteiger partial charge in [-0.2, -0.15) is 0 Å². The lowest BCUT2D eigenvalue weighted by atomic mass is 9.70. The van der Waals surface area contributed by atoms with Crippen molar-refractivity contribution in [2.24, 2.45) is 0 Å². The standard InChI is InChI=1S/C67H41N3O/c1-2-18-42(19-3-1)70-62-40-53-49-24-9-15-35-63(49)71-64(53)41-52(62)50-26-16-34-61(66(50)70)69(44-38-36-43(37-39-44)68-58-31-13-7-22-47(58)48-23-8-14-32-59(48)68)60-33-17-30-57-65(60)51-25-6-12-29-56(51)67(57)54-27-10-4-20-45(54)46-21-5-11-28-55(46)67/h1-41H. The molecular formula is C67H41N3O. The normalized spacial score (nSPS) is 13.2. The largest absolute Gasteiger partial charge is 0.456 e. The Morgan fingerprint density at radius 1 is 0.324 bits per heavy atom. The minimum Gasteiger partial charge on any atom is -0.456 e. The van der Waals surface area contributed by atoms with Gasteiger partial charge in [0.15, 0.2) is 0 Å². The molecule has 0 N–H and O–H groups in total. The van der Waals surface area contributed by atoms with Crippen LogP contribution in [0.2, 0.25) is 0 Å². The highest BCUT2D eigenvalue weighted by molar-refractivity contribution is 6.20. The second-order valence-electron chi connectivity index (χ2n) is 19.1. The van der Waals surface area contributed by atoms with Crippen LogP contribution in [0.5, 0.6) is 0 Å². The van der Waals surface area contributed by atoms with Gasteiger partial charge in [-0.15, -0.1) is 0 Å². The summed E-state index contributed by atoms with van der Waals surface area (Å²) in [6.07, 6.45) is 0. The van der Waals surface area contributed by atoms with E-state index in [0.717, 1.165) is 72.2 Å². The molecule has 0 fully saturated rings. The van der Waals surface area contributed by atoms with Crippen LogP contribution >= 0.6 is 0 Å². The molecular weight excluding hydrogens is 863 g/mol. The van der Waals surface area contributed by atoms with Crippen molar-refractivity contribution in [2.45, 2.75) is 5.41 Å². The predicted molar refractivity (Wildman–Crippen MR) is 293 cm³/mol. The Morgan fingerprint density at radius 2 is 0.859 bits per heavy atom. The molecule has 0 amide bonds. The second kappa shape index (κ2) is 14.3. The van der Waals surface area contributed by atoms with Gasteiger partial charge < -0.3 is 18.5 Å². The van der Waals surface area contributed by atoms with Crippen molar-refractivity contribution < 1.29 is 4.42 Å². The lowest BCUT2D eigenvalue weighted by molar-refractivity contribution is 0.669. The molecule has 0 radical (unpaired) electrons. The number of hydrogen-bond acceptors (Lipinski definition) is 2. The van der Waals surface area contributed by atoms with E-state index in [1.54, 1.807) is 0 Å². The third kappa shape index (κ3) is 5.07. The van der Waals surface area contributed by atoms with Gasteiger partial charge in [0.2, 0.25) is 0 Å². The van der Waals surface area contributed by atoms with Crippen molar-refractivity contribution in [2.75, 3.05) is 4.90 Å². The van der Waals surface area contributed by atoms with E-state index >= 15 is 0 Å². The number of benzene rings is 11. The Labute approximate surface area is 409 Å². The molecule has 0 saturated carbocycles. The van der Waals surface area contributed by atoms with Gasteiger partial charge in [-0.25, -0.2) is 0 Å². The number of hydrogen-bond donors (Lipinski definition) is 0. The maximum Gasteiger partial charge on any atom is 0.136 e. The predicted octanol–water partition coefficient (Wildman–Crippen LogP) is 17.6. The summed E-state index contributed by atoms with van der Waals surface area (Å²) in [5, 5.41) is 7.00. The molecule has 16 rings (SSSR count). The zero-order valence-corrected chi connectivity index (χ0v) is 38.4. The van der Waals surface area contributed by atoms with E-state index < -0.39 is 5.41 Å². The summed E-state index contributed by atoms with van der Waals surface area (Å²) in [6, 6.07) is 91.7. The molecule has 11 aromatic carbocycles. The molecule has 0 bridgehead atoms. The topological polar surface area (TPSA) is 26.2 Å². The monoisotopic (exact) mass is 903 g/mol. The Kier molecular flexibility index (Phi) is 7.79. The fraction of sp³-hybridized carbons (Fsp3) is 0.0149. The molecule has 2 aliphatic rings. The van der Waals surface area contributed by atoms with Crippen LogP contribution in [-0.2, 0) is 5.41 Å². The smallest absolute Gasteiger partial charge is 0.136 e. The fourth-order valence-corrected chi connectivity index (χ4v) is 13.0. The highest BCUT2D eigenvalue weighted by atomic mass is 16.3. The quantitative estimate of drug-likeness (QED) is 0.172. The van der Waals surface area contributed by atoms with Crippen LogP contribution in [0.25, 0.3) is 99.2 Å². The first-order chi connectivity index (χ1) is 35.3. The lowest BCUT2D eigenvalue weighted by Gasteiger charge is -2.32. The first-order valence-corrected chi connectivity index (χ1v) is 24.5. The van der Waals surface area contributed by atoms with Gasteiger partial charge in [0.1, 0.15) is 11.2 Å². The Bertz CT molecular complexity index is 4430. The molecule has 3 heterocycles. The van der Waals surface area contributed by atoms with Crippen molar-refractivity contribution in [1.82, 2.24) is 9.13 Å². The maximum atomic E-state index is 6.59. The average Bonchev–Trinajstić information content (AvgIpc) is 4.23. The van der Waals surface area contributed by atoms with Crippen LogP contribution in [-0.4, -0.2) is 9.13 Å². The summed E-state index contributed by atoms with van der Waals surface area (Å²) in [5.74, 6) is 0. The first-order valence-electron chi connectivity index (χ1n) is 24.5. The fourth-order valence-electron chi connectivity index (χ4n) is 13.0. The Morgan fingerprint density at radius 3 is 1.58 bits per heavy atom. The van der Waals surface area contributed by atoms with E-state index in [1.165, 1.54) is 66.3 Å². The van der Waals surface area contributed by atoms with E-state index in [1.807, 2.05) is 6.07 Å². The molecule has 330 valence electrons. The number of rotatable bonds is 5. The summed E-state index contributed by atoms with van der Waals surface area (Å²) >= 11 is 0. The first kappa shape index (κ1) is 38.6. The third-order valence-electron chi connectivity index (χ3n) is 15.7. The number of anilines is 3. The second-order valence-corrected chi connectivity index (χ2v) is 19.1. The molecule has 4 heteroatoms. The van der Waals surface area contributed by atoms with E-state index in [2.05, 4.69) is 257 Å². The van der Waals surface area contributed by atoms with Crippen molar-refractivity contribution in [3.8, 4) is 33.6 Å². The van der Waals surface area contributed by atoms with Crippen LogP contribution in [0.1, 0.15) is 22.3 Å². The van der Waals surface area contributed by atoms with Crippen LogP contribution < -0.4 is 4.90 Å². The third-order valence-corrected chi connectivity index (χ3v) is 15.7.